The fraction of sp³-hybridized carbons (Fsp3) is 0.192. The van der Waals surface area contributed by atoms with Crippen molar-refractivity contribution in [3.8, 4) is 0 Å². The quantitative estimate of drug-likeness (QED) is 0.495. The highest BCUT2D eigenvalue weighted by atomic mass is 16.2. The average molecular weight is 425 g/mol. The molecule has 2 heterocycles. The van der Waals surface area contributed by atoms with E-state index in [9.17, 15) is 9.59 Å². The third kappa shape index (κ3) is 3.75. The Hall–Kier alpha value is -3.93. The Balaban J connectivity index is 1.42. The Labute approximate surface area is 186 Å². The first-order valence-electron chi connectivity index (χ1n) is 10.8. The number of aryl methyl sites for hydroxylation is 1. The maximum absolute atomic E-state index is 13.4. The van der Waals surface area contributed by atoms with E-state index in [4.69, 9.17) is 4.98 Å². The zero-order valence-electron chi connectivity index (χ0n) is 17.9. The van der Waals surface area contributed by atoms with Crippen LogP contribution in [0.1, 0.15) is 23.6 Å². The van der Waals surface area contributed by atoms with Crippen LogP contribution in [-0.4, -0.2) is 27.9 Å². The molecule has 32 heavy (non-hydrogen) atoms. The zero-order chi connectivity index (χ0) is 22.1. The van der Waals surface area contributed by atoms with Gasteiger partial charge in [0.05, 0.1) is 17.5 Å². The van der Waals surface area contributed by atoms with E-state index in [0.29, 0.717) is 12.5 Å². The third-order valence-electron chi connectivity index (χ3n) is 5.83. The Morgan fingerprint density at radius 3 is 2.59 bits per heavy atom. The number of aromatic nitrogens is 2. The summed E-state index contributed by atoms with van der Waals surface area (Å²) in [6.07, 6.45) is 0.778. The number of rotatable bonds is 6. The summed E-state index contributed by atoms with van der Waals surface area (Å²) < 4.78 is 1.92. The fourth-order valence-electron chi connectivity index (χ4n) is 4.30. The predicted octanol–water partition coefficient (Wildman–Crippen LogP) is 4.50. The number of amides is 2. The van der Waals surface area contributed by atoms with Gasteiger partial charge < -0.3 is 5.32 Å². The van der Waals surface area contributed by atoms with Gasteiger partial charge >= 0.3 is 0 Å². The summed E-state index contributed by atoms with van der Waals surface area (Å²) in [6.45, 7) is 2.49. The number of fused-ring (bicyclic) bond motifs is 3. The van der Waals surface area contributed by atoms with Crippen LogP contribution in [0.2, 0.25) is 0 Å². The van der Waals surface area contributed by atoms with E-state index in [-0.39, 0.29) is 18.2 Å². The van der Waals surface area contributed by atoms with E-state index >= 15 is 0 Å². The van der Waals surface area contributed by atoms with Crippen LogP contribution in [0.15, 0.2) is 78.9 Å². The lowest BCUT2D eigenvalue weighted by Gasteiger charge is -2.16. The van der Waals surface area contributed by atoms with E-state index < -0.39 is 6.04 Å². The number of para-hydroxylation sites is 2. The van der Waals surface area contributed by atoms with Crippen molar-refractivity contribution in [3.63, 3.8) is 0 Å². The van der Waals surface area contributed by atoms with E-state index in [0.717, 1.165) is 34.3 Å². The van der Waals surface area contributed by atoms with Crippen molar-refractivity contribution in [1.29, 1.82) is 0 Å². The van der Waals surface area contributed by atoms with E-state index in [1.54, 1.807) is 4.90 Å². The first-order chi connectivity index (χ1) is 15.6. The molecular formula is C26H24N4O2. The Kier molecular flexibility index (Phi) is 5.19. The number of imidazole rings is 1. The van der Waals surface area contributed by atoms with Gasteiger partial charge in [0.15, 0.2) is 0 Å². The molecule has 0 saturated heterocycles. The molecule has 160 valence electrons. The molecule has 3 aromatic carbocycles. The first kappa shape index (κ1) is 20.0. The molecule has 6 nitrogen and oxygen atoms in total. The lowest BCUT2D eigenvalue weighted by Crippen LogP contribution is -2.33. The van der Waals surface area contributed by atoms with Crippen LogP contribution in [0, 0.1) is 6.92 Å². The maximum atomic E-state index is 13.4. The molecule has 1 aliphatic heterocycles. The summed E-state index contributed by atoms with van der Waals surface area (Å²) in [4.78, 5) is 32.7. The highest BCUT2D eigenvalue weighted by Gasteiger charge is 2.40. The SMILES string of the molecule is Cc1cccc(NC(=O)CC2C(=O)N(CCc3ccccc3)c3nc4ccccc4n32)c1. The summed E-state index contributed by atoms with van der Waals surface area (Å²) in [5.74, 6) is 0.330. The van der Waals surface area contributed by atoms with E-state index in [2.05, 4.69) is 17.4 Å². The minimum absolute atomic E-state index is 0.0575. The Bertz CT molecular complexity index is 1300. The van der Waals surface area contributed by atoms with Gasteiger partial charge in [0, 0.05) is 12.2 Å². The monoisotopic (exact) mass is 424 g/mol. The number of nitrogens with zero attached hydrogens (tertiary/aromatic N) is 3. The van der Waals surface area contributed by atoms with Gasteiger partial charge in [-0.1, -0.05) is 54.6 Å². The van der Waals surface area contributed by atoms with Gasteiger partial charge in [-0.15, -0.1) is 0 Å². The van der Waals surface area contributed by atoms with Crippen LogP contribution in [0.4, 0.5) is 11.6 Å². The van der Waals surface area contributed by atoms with Crippen molar-refractivity contribution in [3.05, 3.63) is 90.0 Å². The summed E-state index contributed by atoms with van der Waals surface area (Å²) in [5, 5.41) is 2.93. The molecule has 0 aliphatic carbocycles. The zero-order valence-corrected chi connectivity index (χ0v) is 17.9. The third-order valence-corrected chi connectivity index (χ3v) is 5.83. The van der Waals surface area contributed by atoms with Gasteiger partial charge in [0.1, 0.15) is 6.04 Å². The number of anilines is 2. The van der Waals surface area contributed by atoms with Crippen LogP contribution < -0.4 is 10.2 Å². The summed E-state index contributed by atoms with van der Waals surface area (Å²) in [7, 11) is 0. The molecule has 1 aromatic heterocycles. The maximum Gasteiger partial charge on any atom is 0.253 e. The van der Waals surface area contributed by atoms with Crippen LogP contribution in [0.25, 0.3) is 11.0 Å². The van der Waals surface area contributed by atoms with Crippen LogP contribution >= 0.6 is 0 Å². The summed E-state index contributed by atoms with van der Waals surface area (Å²) >= 11 is 0. The topological polar surface area (TPSA) is 67.2 Å². The molecule has 0 spiro atoms. The van der Waals surface area contributed by atoms with Crippen molar-refractivity contribution in [2.75, 3.05) is 16.8 Å². The van der Waals surface area contributed by atoms with E-state index in [1.807, 2.05) is 78.2 Å². The van der Waals surface area contributed by atoms with Crippen LogP contribution in [-0.2, 0) is 16.0 Å². The van der Waals surface area contributed by atoms with Crippen molar-refractivity contribution in [1.82, 2.24) is 9.55 Å². The molecule has 0 saturated carbocycles. The van der Waals surface area contributed by atoms with Crippen molar-refractivity contribution in [2.24, 2.45) is 0 Å². The van der Waals surface area contributed by atoms with Gasteiger partial charge in [-0.2, -0.15) is 0 Å². The van der Waals surface area contributed by atoms with E-state index in [1.165, 1.54) is 0 Å². The number of carbonyl (C=O) groups is 2. The fourth-order valence-corrected chi connectivity index (χ4v) is 4.30. The van der Waals surface area contributed by atoms with Gasteiger partial charge in [0.25, 0.3) is 5.91 Å². The highest BCUT2D eigenvalue weighted by Crippen LogP contribution is 2.36. The molecule has 5 rings (SSSR count). The Morgan fingerprint density at radius 1 is 1.00 bits per heavy atom. The molecule has 0 fully saturated rings. The molecule has 2 amide bonds. The second-order valence-corrected chi connectivity index (χ2v) is 8.13. The van der Waals surface area contributed by atoms with Crippen LogP contribution in [0.3, 0.4) is 0 Å². The molecule has 1 N–H and O–H groups in total. The van der Waals surface area contributed by atoms with Crippen molar-refractivity contribution < 1.29 is 9.59 Å². The van der Waals surface area contributed by atoms with Gasteiger partial charge in [-0.05, 0) is 48.7 Å². The summed E-state index contributed by atoms with van der Waals surface area (Å²) in [6, 6.07) is 24.9. The van der Waals surface area contributed by atoms with Crippen LogP contribution in [0.5, 0.6) is 0 Å². The lowest BCUT2D eigenvalue weighted by atomic mass is 10.1. The predicted molar refractivity (Wildman–Crippen MR) is 126 cm³/mol. The molecule has 6 heteroatoms. The number of carbonyl (C=O) groups excluding carboxylic acids is 2. The number of hydrogen-bond donors (Lipinski definition) is 1. The van der Waals surface area contributed by atoms with Gasteiger partial charge in [-0.25, -0.2) is 4.98 Å². The first-order valence-corrected chi connectivity index (χ1v) is 10.8. The summed E-state index contributed by atoms with van der Waals surface area (Å²) in [5.41, 5.74) is 4.64. The van der Waals surface area contributed by atoms with Gasteiger partial charge in [0.2, 0.25) is 11.9 Å². The number of hydrogen-bond acceptors (Lipinski definition) is 3. The lowest BCUT2D eigenvalue weighted by molar-refractivity contribution is -0.124. The number of nitrogens with one attached hydrogen (secondary N) is 1. The van der Waals surface area contributed by atoms with Crippen molar-refractivity contribution >= 4 is 34.5 Å². The van der Waals surface area contributed by atoms with Gasteiger partial charge in [-0.3, -0.25) is 19.1 Å². The normalized spacial score (nSPS) is 15.2. The molecule has 1 unspecified atom stereocenters. The molecule has 1 aliphatic rings. The molecule has 4 aromatic rings. The minimum atomic E-state index is -0.613. The standard InChI is InChI=1S/C26H24N4O2/c1-18-8-7-11-20(16-18)27-24(31)17-23-25(32)29(15-14-19-9-3-2-4-10-19)26-28-21-12-5-6-13-22(21)30(23)26/h2-13,16,23H,14-15,17H2,1H3,(H,27,31). The highest BCUT2D eigenvalue weighted by molar-refractivity contribution is 6.05. The van der Waals surface area contributed by atoms with Crippen molar-refractivity contribution in [2.45, 2.75) is 25.8 Å². The largest absolute Gasteiger partial charge is 0.326 e. The molecule has 0 bridgehead atoms. The number of benzene rings is 3. The minimum Gasteiger partial charge on any atom is -0.326 e. The molecule has 0 radical (unpaired) electrons. The second-order valence-electron chi connectivity index (χ2n) is 8.13. The average Bonchev–Trinajstić information content (AvgIpc) is 3.28. The molecule has 1 atom stereocenters. The molecular weight excluding hydrogens is 400 g/mol. The second kappa shape index (κ2) is 8.30. The Morgan fingerprint density at radius 2 is 1.78 bits per heavy atom. The smallest absolute Gasteiger partial charge is 0.253 e.